The topological polar surface area (TPSA) is 107 Å². The number of ether oxygens (including phenoxy) is 2. The normalized spacial score (nSPS) is 14.3. The third-order valence-corrected chi connectivity index (χ3v) is 5.20. The number of hydrogen-bond acceptors (Lipinski definition) is 7. The summed E-state index contributed by atoms with van der Waals surface area (Å²) in [7, 11) is 0. The third kappa shape index (κ3) is 3.38. The van der Waals surface area contributed by atoms with Crippen molar-refractivity contribution in [2.45, 2.75) is 6.61 Å². The fourth-order valence-corrected chi connectivity index (χ4v) is 3.73. The van der Waals surface area contributed by atoms with Crippen molar-refractivity contribution in [1.82, 2.24) is 9.56 Å². The van der Waals surface area contributed by atoms with E-state index in [0.717, 1.165) is 15.8 Å². The first kappa shape index (κ1) is 19.1. The average molecular weight is 421 g/mol. The van der Waals surface area contributed by atoms with E-state index < -0.39 is 17.2 Å². The lowest BCUT2D eigenvalue weighted by Crippen LogP contribution is -2.36. The molecule has 158 valence electrons. The second-order valence-corrected chi connectivity index (χ2v) is 7.13. The fraction of sp³-hybridized carbons (Fsp3) is 0.227. The Morgan fingerprint density at radius 2 is 1.87 bits per heavy atom. The molecule has 0 aliphatic carbocycles. The number of aromatic nitrogens is 2. The van der Waals surface area contributed by atoms with Gasteiger partial charge in [-0.25, -0.2) is 9.78 Å². The summed E-state index contributed by atoms with van der Waals surface area (Å²) < 4.78 is 17.8. The van der Waals surface area contributed by atoms with Gasteiger partial charge in [-0.15, -0.1) is 4.57 Å². The van der Waals surface area contributed by atoms with Gasteiger partial charge in [-0.2, -0.15) is 0 Å². The molecule has 1 aliphatic rings. The Hall–Kier alpha value is -3.85. The zero-order chi connectivity index (χ0) is 21.4. The highest BCUT2D eigenvalue weighted by molar-refractivity contribution is 6.02. The van der Waals surface area contributed by atoms with Crippen LogP contribution in [0.5, 0.6) is 5.75 Å². The lowest BCUT2D eigenvalue weighted by molar-refractivity contribution is 0.0684. The Balaban J connectivity index is 1.67. The first-order chi connectivity index (χ1) is 15.1. The minimum atomic E-state index is -1.35. The van der Waals surface area contributed by atoms with E-state index in [0.29, 0.717) is 37.3 Å². The highest BCUT2D eigenvalue weighted by Gasteiger charge is 2.26. The second-order valence-electron chi connectivity index (χ2n) is 7.13. The van der Waals surface area contributed by atoms with Gasteiger partial charge in [0.25, 0.3) is 0 Å². The molecule has 0 saturated carbocycles. The maximum atomic E-state index is 13.1. The maximum absolute atomic E-state index is 13.1. The van der Waals surface area contributed by atoms with Crippen molar-refractivity contribution in [3.05, 3.63) is 70.1 Å². The molecule has 4 aromatic rings. The molecule has 31 heavy (non-hydrogen) atoms. The number of benzene rings is 2. The highest BCUT2D eigenvalue weighted by Crippen LogP contribution is 2.32. The smallest absolute Gasteiger partial charge is 0.358 e. The van der Waals surface area contributed by atoms with Crippen LogP contribution in [0.25, 0.3) is 16.6 Å². The van der Waals surface area contributed by atoms with Crippen LogP contribution in [0.2, 0.25) is 0 Å². The van der Waals surface area contributed by atoms with Crippen molar-refractivity contribution >= 4 is 28.3 Å². The van der Waals surface area contributed by atoms with E-state index >= 15 is 0 Å². The molecule has 0 atom stereocenters. The molecule has 0 unspecified atom stereocenters. The largest absolute Gasteiger partial charge is 0.481 e. The summed E-state index contributed by atoms with van der Waals surface area (Å²) in [5, 5.41) is 10.3. The van der Waals surface area contributed by atoms with Crippen molar-refractivity contribution in [1.29, 1.82) is 0 Å². The number of carboxylic acid groups (broad SMARTS) is 1. The van der Waals surface area contributed by atoms with Crippen molar-refractivity contribution in [3.8, 4) is 5.75 Å². The summed E-state index contributed by atoms with van der Waals surface area (Å²) in [6, 6.07) is 14.6. The summed E-state index contributed by atoms with van der Waals surface area (Å²) in [6.07, 6.45) is 0. The van der Waals surface area contributed by atoms with Gasteiger partial charge in [0.1, 0.15) is 6.61 Å². The fourth-order valence-electron chi connectivity index (χ4n) is 3.73. The Morgan fingerprint density at radius 1 is 1.10 bits per heavy atom. The van der Waals surface area contributed by atoms with Crippen LogP contribution in [0.4, 0.5) is 5.69 Å². The van der Waals surface area contributed by atoms with Gasteiger partial charge in [0, 0.05) is 13.1 Å². The van der Waals surface area contributed by atoms with Crippen molar-refractivity contribution in [2.75, 3.05) is 31.2 Å². The molecule has 0 radical (unpaired) electrons. The molecule has 1 saturated heterocycles. The number of aromatic carboxylic acids is 1. The van der Waals surface area contributed by atoms with Crippen LogP contribution in [-0.2, 0) is 11.3 Å². The number of anilines is 1. The van der Waals surface area contributed by atoms with E-state index in [1.54, 1.807) is 6.07 Å². The minimum Gasteiger partial charge on any atom is -0.481 e. The molecule has 2 aromatic heterocycles. The zero-order valence-corrected chi connectivity index (χ0v) is 16.5. The third-order valence-electron chi connectivity index (χ3n) is 5.20. The Morgan fingerprint density at radius 3 is 2.61 bits per heavy atom. The van der Waals surface area contributed by atoms with Crippen LogP contribution in [0.15, 0.2) is 57.8 Å². The molecule has 9 nitrogen and oxygen atoms in total. The zero-order valence-electron chi connectivity index (χ0n) is 16.5. The molecule has 9 heteroatoms. The Kier molecular flexibility index (Phi) is 4.79. The number of rotatable bonds is 5. The summed E-state index contributed by atoms with van der Waals surface area (Å²) >= 11 is 0. The molecular weight excluding hydrogens is 402 g/mol. The number of carbonyl (C=O) groups is 1. The SMILES string of the molecule is O=C(O)c1nc2c3c(N4CCOCC4)cccc3on2c(=O)c1OCc1ccccc1. The van der Waals surface area contributed by atoms with Crippen LogP contribution in [-0.4, -0.2) is 46.9 Å². The van der Waals surface area contributed by atoms with Crippen LogP contribution in [0.3, 0.4) is 0 Å². The molecule has 1 N–H and O–H groups in total. The molecule has 2 aromatic carbocycles. The van der Waals surface area contributed by atoms with Gasteiger partial charge < -0.3 is 24.0 Å². The number of morpholine rings is 1. The van der Waals surface area contributed by atoms with Gasteiger partial charge >= 0.3 is 11.5 Å². The van der Waals surface area contributed by atoms with Crippen LogP contribution < -0.4 is 15.2 Å². The van der Waals surface area contributed by atoms with Crippen molar-refractivity contribution in [2.24, 2.45) is 0 Å². The van der Waals surface area contributed by atoms with Crippen LogP contribution >= 0.6 is 0 Å². The van der Waals surface area contributed by atoms with Gasteiger partial charge in [-0.1, -0.05) is 36.4 Å². The molecular formula is C22H19N3O6. The number of hydrogen-bond donors (Lipinski definition) is 1. The highest BCUT2D eigenvalue weighted by atomic mass is 16.5. The number of carboxylic acids is 1. The molecule has 3 heterocycles. The standard InChI is InChI=1S/C22H19N3O6/c26-21-19(30-13-14-5-2-1-3-6-14)18(22(27)28)23-20-17-15(24-9-11-29-12-10-24)7-4-8-16(17)31-25(20)21/h1-8H,9-13H2,(H,27,28). The number of fused-ring (bicyclic) bond motifs is 3. The van der Waals surface area contributed by atoms with Gasteiger partial charge in [0.15, 0.2) is 16.9 Å². The van der Waals surface area contributed by atoms with Gasteiger partial charge in [-0.05, 0) is 17.7 Å². The predicted octanol–water partition coefficient (Wildman–Crippen LogP) is 2.55. The summed E-state index contributed by atoms with van der Waals surface area (Å²) in [5.41, 5.74) is 1.04. The van der Waals surface area contributed by atoms with Crippen molar-refractivity contribution < 1.29 is 23.9 Å². The monoisotopic (exact) mass is 421 g/mol. The molecule has 0 bridgehead atoms. The van der Waals surface area contributed by atoms with E-state index in [1.807, 2.05) is 42.5 Å². The Bertz CT molecular complexity index is 1320. The summed E-state index contributed by atoms with van der Waals surface area (Å²) in [4.78, 5) is 31.4. The lowest BCUT2D eigenvalue weighted by Gasteiger charge is -2.29. The van der Waals surface area contributed by atoms with E-state index in [4.69, 9.17) is 14.0 Å². The van der Waals surface area contributed by atoms with Gasteiger partial charge in [0.2, 0.25) is 5.75 Å². The summed E-state index contributed by atoms with van der Waals surface area (Å²) in [5.74, 6) is -1.71. The second kappa shape index (κ2) is 7.77. The molecule has 5 rings (SSSR count). The first-order valence-electron chi connectivity index (χ1n) is 9.85. The van der Waals surface area contributed by atoms with E-state index in [9.17, 15) is 14.7 Å². The van der Waals surface area contributed by atoms with E-state index in [-0.39, 0.29) is 18.0 Å². The van der Waals surface area contributed by atoms with E-state index in [1.165, 1.54) is 0 Å². The molecule has 1 fully saturated rings. The first-order valence-corrected chi connectivity index (χ1v) is 9.85. The average Bonchev–Trinajstić information content (AvgIpc) is 3.19. The Labute approximate surface area is 176 Å². The molecule has 0 amide bonds. The van der Waals surface area contributed by atoms with Gasteiger partial charge in [0.05, 0.1) is 24.3 Å². The molecule has 1 aliphatic heterocycles. The maximum Gasteiger partial charge on any atom is 0.358 e. The molecule has 0 spiro atoms. The van der Waals surface area contributed by atoms with Gasteiger partial charge in [-0.3, -0.25) is 4.79 Å². The lowest BCUT2D eigenvalue weighted by atomic mass is 10.2. The summed E-state index contributed by atoms with van der Waals surface area (Å²) in [6.45, 7) is 2.54. The quantitative estimate of drug-likeness (QED) is 0.524. The van der Waals surface area contributed by atoms with E-state index in [2.05, 4.69) is 9.88 Å². The number of nitrogens with zero attached hydrogens (tertiary/aromatic N) is 3. The predicted molar refractivity (Wildman–Crippen MR) is 112 cm³/mol. The minimum absolute atomic E-state index is 0.0311. The van der Waals surface area contributed by atoms with Crippen LogP contribution in [0, 0.1) is 0 Å². The van der Waals surface area contributed by atoms with Crippen molar-refractivity contribution in [3.63, 3.8) is 0 Å². The van der Waals surface area contributed by atoms with Crippen LogP contribution in [0.1, 0.15) is 16.1 Å².